The van der Waals surface area contributed by atoms with Gasteiger partial charge in [-0.15, -0.1) is 0 Å². The molecule has 0 aromatic heterocycles. The molecule has 0 radical (unpaired) electrons. The highest BCUT2D eigenvalue weighted by Gasteiger charge is 2.16. The van der Waals surface area contributed by atoms with Crippen LogP contribution in [0.4, 0.5) is 0 Å². The van der Waals surface area contributed by atoms with E-state index in [0.717, 1.165) is 5.75 Å². The monoisotopic (exact) mass is 260 g/mol. The molecule has 2 N–H and O–H groups in total. The number of nitrogens with zero attached hydrogens (tertiary/aromatic N) is 1. The first-order valence-electron chi connectivity index (χ1n) is 4.19. The van der Waals surface area contributed by atoms with Gasteiger partial charge in [0.1, 0.15) is 5.75 Å². The zero-order valence-electron chi connectivity index (χ0n) is 7.94. The molecule has 1 aromatic rings. The van der Waals surface area contributed by atoms with E-state index in [1.54, 1.807) is 0 Å². The third-order valence-electron chi connectivity index (χ3n) is 1.72. The van der Waals surface area contributed by atoms with Crippen LogP contribution in [0.1, 0.15) is 5.56 Å². The molecule has 0 spiro atoms. The number of benzene rings is 1. The minimum atomic E-state index is -0.592. The molecule has 0 aliphatic carbocycles. The number of nitrogens with two attached hydrogens (primary N) is 1. The molecule has 3 nitrogen and oxygen atoms in total. The molecule has 1 atom stereocenters. The van der Waals surface area contributed by atoms with Gasteiger partial charge in [0.15, 0.2) is 5.17 Å². The van der Waals surface area contributed by atoms with Crippen molar-refractivity contribution in [3.63, 3.8) is 0 Å². The molecule has 1 aromatic carbocycles. The van der Waals surface area contributed by atoms with E-state index in [-0.39, 0.29) is 0 Å². The van der Waals surface area contributed by atoms with Gasteiger partial charge in [0.2, 0.25) is 0 Å². The molecule has 1 aliphatic rings. The van der Waals surface area contributed by atoms with Gasteiger partial charge < -0.3 is 10.5 Å². The molecular formula is C9H9ClN2OS2. The average molecular weight is 261 g/mol. The van der Waals surface area contributed by atoms with Crippen molar-refractivity contribution < 1.29 is 4.74 Å². The fourth-order valence-electron chi connectivity index (χ4n) is 1.02. The third kappa shape index (κ3) is 2.68. The molecule has 0 saturated carbocycles. The molecule has 80 valence electrons. The smallest absolute Gasteiger partial charge is 0.274 e. The van der Waals surface area contributed by atoms with Crippen LogP contribution in [0.15, 0.2) is 29.3 Å². The second kappa shape index (κ2) is 4.47. The van der Waals surface area contributed by atoms with Crippen molar-refractivity contribution in [3.05, 3.63) is 29.8 Å². The lowest BCUT2D eigenvalue weighted by molar-refractivity contribution is 0.558. The number of halogens is 1. The van der Waals surface area contributed by atoms with Gasteiger partial charge in [-0.1, -0.05) is 17.7 Å². The third-order valence-corrected chi connectivity index (χ3v) is 4.92. The maximum Gasteiger partial charge on any atom is 0.274 e. The number of aryl methyl sites for hydroxylation is 1. The second-order valence-electron chi connectivity index (χ2n) is 2.94. The van der Waals surface area contributed by atoms with E-state index in [0.29, 0.717) is 10.3 Å². The molecule has 6 heteroatoms. The lowest BCUT2D eigenvalue weighted by Crippen LogP contribution is -2.07. The highest BCUT2D eigenvalue weighted by atomic mass is 35.7. The Morgan fingerprint density at radius 3 is 2.60 bits per heavy atom. The summed E-state index contributed by atoms with van der Waals surface area (Å²) in [7, 11) is 6.71. The van der Waals surface area contributed by atoms with Gasteiger partial charge in [-0.05, 0) is 40.5 Å². The van der Waals surface area contributed by atoms with Gasteiger partial charge in [0.05, 0.1) is 0 Å². The summed E-state index contributed by atoms with van der Waals surface area (Å²) >= 11 is 0. The summed E-state index contributed by atoms with van der Waals surface area (Å²) in [5.41, 5.74) is 6.71. The molecular weight excluding hydrogens is 252 g/mol. The zero-order chi connectivity index (χ0) is 10.8. The molecule has 1 aliphatic heterocycles. The van der Waals surface area contributed by atoms with Crippen LogP contribution in [0.2, 0.25) is 0 Å². The van der Waals surface area contributed by atoms with Crippen LogP contribution in [0.25, 0.3) is 0 Å². The lowest BCUT2D eigenvalue weighted by atomic mass is 10.2. The lowest BCUT2D eigenvalue weighted by Gasteiger charge is -2.03. The van der Waals surface area contributed by atoms with Crippen molar-refractivity contribution in [2.75, 3.05) is 0 Å². The SMILES string of the molecule is Cc1ccc(OC2=S(Cl)SC(N)=N2)cc1. The molecule has 1 unspecified atom stereocenters. The summed E-state index contributed by atoms with van der Waals surface area (Å²) in [6, 6.07) is 7.70. The summed E-state index contributed by atoms with van der Waals surface area (Å²) in [6.45, 7) is 2.02. The first-order valence-corrected chi connectivity index (χ1v) is 7.58. The maximum absolute atomic E-state index is 5.99. The van der Waals surface area contributed by atoms with E-state index in [4.69, 9.17) is 21.2 Å². The van der Waals surface area contributed by atoms with Crippen LogP contribution >= 0.6 is 30.2 Å². The van der Waals surface area contributed by atoms with Gasteiger partial charge in [0.25, 0.3) is 5.17 Å². The number of ether oxygens (including phenoxy) is 1. The van der Waals surface area contributed by atoms with Gasteiger partial charge >= 0.3 is 0 Å². The van der Waals surface area contributed by atoms with Gasteiger partial charge in [0, 0.05) is 8.73 Å². The highest BCUT2D eigenvalue weighted by molar-refractivity contribution is 8.97. The topological polar surface area (TPSA) is 47.6 Å². The van der Waals surface area contributed by atoms with E-state index in [9.17, 15) is 0 Å². The Morgan fingerprint density at radius 2 is 2.07 bits per heavy atom. The Hall–Kier alpha value is -0.650. The Kier molecular flexibility index (Phi) is 3.23. The fraction of sp³-hybridized carbons (Fsp3) is 0.111. The summed E-state index contributed by atoms with van der Waals surface area (Å²) < 4.78 is 5.52. The van der Waals surface area contributed by atoms with Crippen molar-refractivity contribution >= 4 is 40.5 Å². The highest BCUT2D eigenvalue weighted by Crippen LogP contribution is 2.41. The zero-order valence-corrected chi connectivity index (χ0v) is 10.3. The number of hydrogen-bond donors (Lipinski definition) is 1. The molecule has 2 rings (SSSR count). The van der Waals surface area contributed by atoms with Crippen LogP contribution < -0.4 is 10.5 Å². The van der Waals surface area contributed by atoms with Crippen LogP contribution in [0.3, 0.4) is 0 Å². The largest absolute Gasteiger partial charge is 0.433 e. The molecule has 1 heterocycles. The number of hydrogen-bond acceptors (Lipinski definition) is 4. The summed E-state index contributed by atoms with van der Waals surface area (Å²) in [5.74, 6) is 0.729. The summed E-state index contributed by atoms with van der Waals surface area (Å²) in [5, 5.41) is 0.929. The minimum absolute atomic E-state index is 0.454. The van der Waals surface area contributed by atoms with E-state index in [2.05, 4.69) is 4.99 Å². The van der Waals surface area contributed by atoms with Gasteiger partial charge in [-0.25, -0.2) is 0 Å². The van der Waals surface area contributed by atoms with Crippen molar-refractivity contribution in [3.8, 4) is 5.75 Å². The van der Waals surface area contributed by atoms with E-state index < -0.39 is 8.73 Å². The van der Waals surface area contributed by atoms with Crippen LogP contribution in [-0.4, -0.2) is 10.3 Å². The average Bonchev–Trinajstić information content (AvgIpc) is 2.49. The van der Waals surface area contributed by atoms with Crippen LogP contribution in [0, 0.1) is 6.92 Å². The maximum atomic E-state index is 5.99. The Balaban J connectivity index is 2.16. The summed E-state index contributed by atoms with van der Waals surface area (Å²) in [6.07, 6.45) is 0. The molecule has 0 fully saturated rings. The van der Waals surface area contributed by atoms with Gasteiger partial charge in [-0.2, -0.15) is 4.99 Å². The molecule has 0 amide bonds. The van der Waals surface area contributed by atoms with E-state index in [1.165, 1.54) is 16.4 Å². The Labute approximate surface area is 98.5 Å². The van der Waals surface area contributed by atoms with Crippen molar-refractivity contribution in [1.82, 2.24) is 0 Å². The molecule has 0 saturated heterocycles. The quantitative estimate of drug-likeness (QED) is 0.624. The predicted molar refractivity (Wildman–Crippen MR) is 69.5 cm³/mol. The Bertz CT molecular complexity index is 442. The fourth-order valence-corrected chi connectivity index (χ4v) is 3.52. The second-order valence-corrected chi connectivity index (χ2v) is 7.29. The van der Waals surface area contributed by atoms with Crippen LogP contribution in [-0.2, 0) is 0 Å². The van der Waals surface area contributed by atoms with Crippen molar-refractivity contribution in [2.45, 2.75) is 6.92 Å². The normalized spacial score (nSPS) is 20.3. The first kappa shape index (κ1) is 10.9. The first-order chi connectivity index (χ1) is 7.15. The predicted octanol–water partition coefficient (Wildman–Crippen LogP) is 2.86. The van der Waals surface area contributed by atoms with Crippen LogP contribution in [0.5, 0.6) is 5.75 Å². The summed E-state index contributed by atoms with van der Waals surface area (Å²) in [4.78, 5) is 4.02. The molecule has 0 bridgehead atoms. The molecule has 15 heavy (non-hydrogen) atoms. The van der Waals surface area contributed by atoms with E-state index >= 15 is 0 Å². The number of amidine groups is 1. The number of aliphatic imine (C=N–C) groups is 1. The number of rotatable bonds is 1. The van der Waals surface area contributed by atoms with E-state index in [1.807, 2.05) is 31.2 Å². The van der Waals surface area contributed by atoms with Gasteiger partial charge in [-0.3, -0.25) is 0 Å². The van der Waals surface area contributed by atoms with Crippen molar-refractivity contribution in [2.24, 2.45) is 10.7 Å². The minimum Gasteiger partial charge on any atom is -0.433 e. The van der Waals surface area contributed by atoms with Crippen molar-refractivity contribution in [1.29, 1.82) is 0 Å². The standard InChI is InChI=1S/C9H9ClN2OS2/c1-6-2-4-7(5-3-6)13-9-12-8(11)14-15(9)10/h2-5H,1H3,(H2,11,12). The Morgan fingerprint density at radius 1 is 1.40 bits per heavy atom.